The Morgan fingerprint density at radius 2 is 0.250 bits per heavy atom. The van der Waals surface area contributed by atoms with E-state index in [-0.39, 0.29) is 233 Å². The predicted molar refractivity (Wildman–Crippen MR) is 134 cm³/mol. The third-order valence-corrected chi connectivity index (χ3v) is 0. The number of methoxy groups -OCH3 is 1. The normalized spacial score (nSPS) is 0.643. The molecule has 0 aliphatic rings. The number of hydrogen-bond donors (Lipinski definition) is 0. The zero-order chi connectivity index (χ0) is 2.71. The second kappa shape index (κ2) is 1850. The third-order valence-electron chi connectivity index (χ3n) is 0. The monoisotopic (exact) mass is 568 g/mol. The fourth-order valence-corrected chi connectivity index (χ4v) is 0. The van der Waals surface area contributed by atoms with Crippen molar-refractivity contribution >= 4 is 0 Å². The standard InChI is InChI=1S/C2H6O.16CH3.5H2O.4Ti/c1-3-2;;;;;;;;;;;;;;;;;;;;;;;;;/h1-2H3;16*1H3;5*1H2;;;;/q;16*-1;;;;;;4*+4. The Morgan fingerprint density at radius 3 is 0.250 bits per heavy atom. The van der Waals surface area contributed by atoms with Crippen molar-refractivity contribution in [3.05, 3.63) is 119 Å². The predicted octanol–water partition coefficient (Wildman–Crippen LogP) is 3.33. The molecule has 6 nitrogen and oxygen atoms in total. The Bertz CT molecular complexity index is 36.0. The fourth-order valence-electron chi connectivity index (χ4n) is 0. The van der Waals surface area contributed by atoms with E-state index in [4.69, 9.17) is 0 Å². The first-order valence-electron chi connectivity index (χ1n) is 0.816. The van der Waals surface area contributed by atoms with Crippen LogP contribution >= 0.6 is 0 Å². The first-order chi connectivity index (χ1) is 1.41. The van der Waals surface area contributed by atoms with Crippen LogP contribution in [0.1, 0.15) is 0 Å². The van der Waals surface area contributed by atoms with Gasteiger partial charge < -0.3 is 151 Å². The molecule has 0 amide bonds. The van der Waals surface area contributed by atoms with Crippen molar-refractivity contribution in [2.75, 3.05) is 14.2 Å². The second-order valence-electron chi connectivity index (χ2n) is 0.408. The van der Waals surface area contributed by atoms with E-state index in [0.29, 0.717) is 0 Å². The number of ether oxygens (including phenoxy) is 1. The zero-order valence-corrected chi connectivity index (χ0v) is 29.2. The van der Waals surface area contributed by atoms with E-state index in [1.807, 2.05) is 0 Å². The molecular weight excluding hydrogens is 504 g/mol. The van der Waals surface area contributed by atoms with Gasteiger partial charge in [0, 0.05) is 14.2 Å². The fraction of sp³-hybridized carbons (Fsp3) is 0.111. The van der Waals surface area contributed by atoms with Gasteiger partial charge in [0.25, 0.3) is 0 Å². The van der Waals surface area contributed by atoms with Crippen molar-refractivity contribution in [3.63, 3.8) is 0 Å². The molecule has 0 aromatic heterocycles. The molecule has 0 atom stereocenters. The minimum atomic E-state index is 0. The van der Waals surface area contributed by atoms with Gasteiger partial charge in [-0.15, -0.1) is 0 Å². The van der Waals surface area contributed by atoms with Crippen LogP contribution in [0.3, 0.4) is 0 Å². The van der Waals surface area contributed by atoms with Gasteiger partial charge in [-0.05, 0) is 0 Å². The summed E-state index contributed by atoms with van der Waals surface area (Å²) in [6, 6.07) is 0. The van der Waals surface area contributed by atoms with E-state index in [0.717, 1.165) is 0 Å². The summed E-state index contributed by atoms with van der Waals surface area (Å²) >= 11 is 0. The molecule has 0 aromatic rings. The van der Waals surface area contributed by atoms with Gasteiger partial charge >= 0.3 is 86.9 Å². The van der Waals surface area contributed by atoms with Gasteiger partial charge in [-0.1, -0.05) is 0 Å². The minimum Gasteiger partial charge on any atom is -0.412 e. The molecule has 0 saturated carbocycles. The molecule has 28 heavy (non-hydrogen) atoms. The number of hydrogen-bond acceptors (Lipinski definition) is 1. The Balaban J connectivity index is -0.0000000000667. The van der Waals surface area contributed by atoms with Crippen LogP contribution in [0.5, 0.6) is 0 Å². The Morgan fingerprint density at radius 1 is 0.250 bits per heavy atom. The molecule has 188 valence electrons. The molecule has 0 bridgehead atoms. The van der Waals surface area contributed by atoms with Crippen LogP contribution in [0.2, 0.25) is 0 Å². The zero-order valence-electron chi connectivity index (χ0n) is 22.9. The molecule has 0 spiro atoms. The van der Waals surface area contributed by atoms with E-state index < -0.39 is 0 Å². The van der Waals surface area contributed by atoms with Gasteiger partial charge in [0.15, 0.2) is 0 Å². The average molecular weight is 568 g/mol. The maximum absolute atomic E-state index is 4.25. The van der Waals surface area contributed by atoms with Gasteiger partial charge in [0.05, 0.1) is 0 Å². The first-order valence-corrected chi connectivity index (χ1v) is 0.816. The summed E-state index contributed by atoms with van der Waals surface area (Å²) in [5.74, 6) is 0. The summed E-state index contributed by atoms with van der Waals surface area (Å²) in [4.78, 5) is 0. The SMILES string of the molecule is COC.O.O.O.O.O.[CH3-].[CH3-].[CH3-].[CH3-].[CH3-].[CH3-].[CH3-].[CH3-].[CH3-].[CH3-].[CH3-].[CH3-].[CH3-].[CH3-].[CH3-].[CH3-].[Ti+4].[Ti+4].[Ti+4].[Ti+4]. The van der Waals surface area contributed by atoms with Crippen LogP contribution in [0, 0.1) is 119 Å². The Kier molecular flexibility index (Phi) is 83400. The molecule has 0 heterocycles. The van der Waals surface area contributed by atoms with Crippen molar-refractivity contribution in [3.8, 4) is 0 Å². The molecule has 10 heteroatoms. The maximum atomic E-state index is 4.25. The summed E-state index contributed by atoms with van der Waals surface area (Å²) in [7, 11) is 3.25. The summed E-state index contributed by atoms with van der Waals surface area (Å²) in [6.45, 7) is 0. The summed E-state index contributed by atoms with van der Waals surface area (Å²) in [5, 5.41) is 0. The van der Waals surface area contributed by atoms with Crippen LogP contribution in [0.25, 0.3) is 0 Å². The van der Waals surface area contributed by atoms with Gasteiger partial charge in [0.1, 0.15) is 0 Å². The first kappa shape index (κ1) is 1260. The Labute approximate surface area is 250 Å². The second-order valence-corrected chi connectivity index (χ2v) is 0.408. The van der Waals surface area contributed by atoms with E-state index in [1.54, 1.807) is 14.2 Å². The molecule has 0 aliphatic carbocycles. The van der Waals surface area contributed by atoms with E-state index in [2.05, 4.69) is 4.74 Å². The van der Waals surface area contributed by atoms with Crippen molar-refractivity contribution in [2.45, 2.75) is 0 Å². The molecule has 0 aromatic carbocycles. The third kappa shape index (κ3) is 3190. The van der Waals surface area contributed by atoms with Gasteiger partial charge in [0.2, 0.25) is 0 Å². The molecule has 0 unspecified atom stereocenters. The van der Waals surface area contributed by atoms with Crippen molar-refractivity contribution in [1.29, 1.82) is 0 Å². The van der Waals surface area contributed by atoms with E-state index in [1.165, 1.54) is 0 Å². The van der Waals surface area contributed by atoms with Crippen LogP contribution in [-0.4, -0.2) is 41.6 Å². The molecule has 0 radical (unpaired) electrons. The smallest absolute Gasteiger partial charge is 0.412 e. The molecule has 0 aliphatic heterocycles. The quantitative estimate of drug-likeness (QED) is 0.318. The van der Waals surface area contributed by atoms with Crippen molar-refractivity contribution in [1.82, 2.24) is 0 Å². The maximum Gasteiger partial charge on any atom is 4.00 e. The van der Waals surface area contributed by atoms with Gasteiger partial charge in [-0.25, -0.2) is 0 Å². The number of rotatable bonds is 0. The van der Waals surface area contributed by atoms with Crippen LogP contribution < -0.4 is 0 Å². The average Bonchev–Trinajstić information content (AvgIpc) is 0.918. The summed E-state index contributed by atoms with van der Waals surface area (Å²) in [5.41, 5.74) is 0. The van der Waals surface area contributed by atoms with Crippen molar-refractivity contribution < 1.29 is 119 Å². The minimum absolute atomic E-state index is 0. The van der Waals surface area contributed by atoms with Gasteiger partial charge in [-0.3, -0.25) is 0 Å². The topological polar surface area (TPSA) is 167 Å². The van der Waals surface area contributed by atoms with Crippen LogP contribution in [0.4, 0.5) is 0 Å². The Hall–Kier alpha value is 2.62. The van der Waals surface area contributed by atoms with E-state index >= 15 is 0 Å². The molecule has 0 fully saturated rings. The van der Waals surface area contributed by atoms with E-state index in [9.17, 15) is 0 Å². The molecular formula is C18H64O6Ti4. The van der Waals surface area contributed by atoms with Gasteiger partial charge in [-0.2, -0.15) is 0 Å². The van der Waals surface area contributed by atoms with Crippen LogP contribution in [0.15, 0.2) is 0 Å². The molecule has 0 rings (SSSR count). The molecule has 0 saturated heterocycles. The van der Waals surface area contributed by atoms with Crippen LogP contribution in [-0.2, 0) is 91.6 Å². The summed E-state index contributed by atoms with van der Waals surface area (Å²) in [6.07, 6.45) is 0. The summed E-state index contributed by atoms with van der Waals surface area (Å²) < 4.78 is 4.25. The van der Waals surface area contributed by atoms with Crippen molar-refractivity contribution in [2.24, 2.45) is 0 Å². The largest absolute Gasteiger partial charge is 4.00 e. The molecule has 10 N–H and O–H groups in total.